The molecule has 27 heavy (non-hydrogen) atoms. The van der Waals surface area contributed by atoms with Crippen molar-refractivity contribution < 1.29 is 4.79 Å². The van der Waals surface area contributed by atoms with Crippen LogP contribution in [0.2, 0.25) is 0 Å². The second-order valence-corrected chi connectivity index (χ2v) is 12.4. The molecule has 1 spiro atoms. The molecule has 156 valence electrons. The second kappa shape index (κ2) is 7.69. The van der Waals surface area contributed by atoms with E-state index in [2.05, 4.69) is 51.3 Å². The first-order valence-corrected chi connectivity index (χ1v) is 11.5. The van der Waals surface area contributed by atoms with Gasteiger partial charge in [0.15, 0.2) is 0 Å². The Kier molecular flexibility index (Phi) is 6.02. The molecule has 0 aromatic rings. The lowest BCUT2D eigenvalue weighted by atomic mass is 9.69. The number of hydrogen-bond acceptors (Lipinski definition) is 2. The van der Waals surface area contributed by atoms with Gasteiger partial charge in [-0.15, -0.1) is 0 Å². The summed E-state index contributed by atoms with van der Waals surface area (Å²) in [6.07, 6.45) is 8.99. The van der Waals surface area contributed by atoms with Crippen LogP contribution in [0.3, 0.4) is 0 Å². The van der Waals surface area contributed by atoms with E-state index in [1.165, 1.54) is 58.2 Å². The fourth-order valence-corrected chi connectivity index (χ4v) is 5.61. The standard InChI is InChI=1S/C24H44N2O/c1-22(2,3)15-21(27)26-17-24(18-26)11-13-25(14-12-24)16-19-7-9-20(10-8-19)23(4,5)6/h19-20H,7-18H2,1-6H3. The van der Waals surface area contributed by atoms with Crippen LogP contribution in [0.25, 0.3) is 0 Å². The second-order valence-electron chi connectivity index (χ2n) is 12.4. The van der Waals surface area contributed by atoms with E-state index in [0.717, 1.165) is 24.9 Å². The minimum atomic E-state index is 0.106. The van der Waals surface area contributed by atoms with Gasteiger partial charge in [-0.2, -0.15) is 0 Å². The minimum absolute atomic E-state index is 0.106. The first-order chi connectivity index (χ1) is 12.5. The van der Waals surface area contributed by atoms with Crippen LogP contribution in [0, 0.1) is 28.1 Å². The van der Waals surface area contributed by atoms with Crippen molar-refractivity contribution in [1.82, 2.24) is 9.80 Å². The van der Waals surface area contributed by atoms with Gasteiger partial charge in [0.1, 0.15) is 0 Å². The fraction of sp³-hybridized carbons (Fsp3) is 0.958. The van der Waals surface area contributed by atoms with Gasteiger partial charge in [0.05, 0.1) is 0 Å². The number of piperidine rings is 1. The molecule has 3 rings (SSSR count). The number of nitrogens with zero attached hydrogens (tertiary/aromatic N) is 2. The van der Waals surface area contributed by atoms with Crippen LogP contribution >= 0.6 is 0 Å². The predicted molar refractivity (Wildman–Crippen MR) is 114 cm³/mol. The van der Waals surface area contributed by atoms with Gasteiger partial charge in [0, 0.05) is 31.5 Å². The average molecular weight is 377 g/mol. The van der Waals surface area contributed by atoms with Crippen molar-refractivity contribution in [2.75, 3.05) is 32.7 Å². The zero-order chi connectivity index (χ0) is 19.9. The van der Waals surface area contributed by atoms with Gasteiger partial charge in [-0.3, -0.25) is 4.79 Å². The van der Waals surface area contributed by atoms with Crippen molar-refractivity contribution >= 4 is 5.91 Å². The average Bonchev–Trinajstić information content (AvgIpc) is 2.51. The summed E-state index contributed by atoms with van der Waals surface area (Å²) in [4.78, 5) is 17.3. The molecule has 1 amide bonds. The summed E-state index contributed by atoms with van der Waals surface area (Å²) in [7, 11) is 0. The molecule has 0 N–H and O–H groups in total. The normalized spacial score (nSPS) is 29.6. The molecular weight excluding hydrogens is 332 g/mol. The number of amides is 1. The van der Waals surface area contributed by atoms with Crippen molar-refractivity contribution in [2.24, 2.45) is 28.1 Å². The van der Waals surface area contributed by atoms with E-state index in [9.17, 15) is 4.79 Å². The number of rotatable bonds is 3. The van der Waals surface area contributed by atoms with Crippen molar-refractivity contribution in [2.45, 2.75) is 86.5 Å². The minimum Gasteiger partial charge on any atom is -0.341 e. The lowest BCUT2D eigenvalue weighted by Crippen LogP contribution is -2.62. The summed E-state index contributed by atoms with van der Waals surface area (Å²) in [5.74, 6) is 2.21. The highest BCUT2D eigenvalue weighted by Crippen LogP contribution is 2.43. The number of carbonyl (C=O) groups is 1. The Hall–Kier alpha value is -0.570. The van der Waals surface area contributed by atoms with Crippen LogP contribution < -0.4 is 0 Å². The molecule has 2 aliphatic heterocycles. The van der Waals surface area contributed by atoms with Gasteiger partial charge in [0.25, 0.3) is 0 Å². The van der Waals surface area contributed by atoms with Gasteiger partial charge >= 0.3 is 0 Å². The number of carbonyl (C=O) groups excluding carboxylic acids is 1. The molecule has 2 heterocycles. The maximum absolute atomic E-state index is 12.4. The highest BCUT2D eigenvalue weighted by molar-refractivity contribution is 5.77. The summed E-state index contributed by atoms with van der Waals surface area (Å²) < 4.78 is 0. The number of likely N-dealkylation sites (tertiary alicyclic amines) is 2. The van der Waals surface area contributed by atoms with Crippen molar-refractivity contribution in [3.8, 4) is 0 Å². The highest BCUT2D eigenvalue weighted by atomic mass is 16.2. The molecule has 3 heteroatoms. The Balaban J connectivity index is 1.37. The Morgan fingerprint density at radius 2 is 1.48 bits per heavy atom. The molecule has 3 fully saturated rings. The molecule has 0 atom stereocenters. The lowest BCUT2D eigenvalue weighted by Gasteiger charge is -2.54. The van der Waals surface area contributed by atoms with Gasteiger partial charge in [-0.25, -0.2) is 0 Å². The van der Waals surface area contributed by atoms with E-state index in [0.29, 0.717) is 23.2 Å². The smallest absolute Gasteiger partial charge is 0.223 e. The summed E-state index contributed by atoms with van der Waals surface area (Å²) in [5, 5.41) is 0. The van der Waals surface area contributed by atoms with E-state index in [4.69, 9.17) is 0 Å². The van der Waals surface area contributed by atoms with E-state index in [-0.39, 0.29) is 5.41 Å². The first kappa shape index (κ1) is 21.1. The quantitative estimate of drug-likeness (QED) is 0.676. The largest absolute Gasteiger partial charge is 0.341 e. The molecule has 0 aromatic carbocycles. The van der Waals surface area contributed by atoms with E-state index in [1.54, 1.807) is 0 Å². The van der Waals surface area contributed by atoms with E-state index < -0.39 is 0 Å². The maximum atomic E-state index is 12.4. The van der Waals surface area contributed by atoms with Gasteiger partial charge in [0.2, 0.25) is 5.91 Å². The molecule has 1 aliphatic carbocycles. The molecule has 3 aliphatic rings. The zero-order valence-electron chi connectivity index (χ0n) is 18.9. The van der Waals surface area contributed by atoms with Gasteiger partial charge in [-0.1, -0.05) is 41.5 Å². The zero-order valence-corrected chi connectivity index (χ0v) is 18.9. The van der Waals surface area contributed by atoms with Crippen LogP contribution in [0.4, 0.5) is 0 Å². The van der Waals surface area contributed by atoms with Crippen LogP contribution in [0.15, 0.2) is 0 Å². The molecule has 2 saturated heterocycles. The van der Waals surface area contributed by atoms with E-state index >= 15 is 0 Å². The molecule has 0 aromatic heterocycles. The lowest BCUT2D eigenvalue weighted by molar-refractivity contribution is -0.148. The number of hydrogen-bond donors (Lipinski definition) is 0. The maximum Gasteiger partial charge on any atom is 0.223 e. The summed E-state index contributed by atoms with van der Waals surface area (Å²) in [6.45, 7) is 19.6. The van der Waals surface area contributed by atoms with Crippen LogP contribution in [0.5, 0.6) is 0 Å². The molecule has 0 bridgehead atoms. The Bertz CT molecular complexity index is 503. The summed E-state index contributed by atoms with van der Waals surface area (Å²) >= 11 is 0. The molecular formula is C24H44N2O. The monoisotopic (exact) mass is 376 g/mol. The fourth-order valence-electron chi connectivity index (χ4n) is 5.61. The summed E-state index contributed by atoms with van der Waals surface area (Å²) in [6, 6.07) is 0. The Labute approximate surface area is 168 Å². The molecule has 1 saturated carbocycles. The van der Waals surface area contributed by atoms with E-state index in [1.807, 2.05) is 0 Å². The third kappa shape index (κ3) is 5.49. The van der Waals surface area contributed by atoms with Gasteiger partial charge in [-0.05, 0) is 74.3 Å². The van der Waals surface area contributed by atoms with Gasteiger partial charge < -0.3 is 9.80 Å². The molecule has 0 radical (unpaired) electrons. The van der Waals surface area contributed by atoms with Crippen molar-refractivity contribution in [1.29, 1.82) is 0 Å². The van der Waals surface area contributed by atoms with Crippen molar-refractivity contribution in [3.05, 3.63) is 0 Å². The highest BCUT2D eigenvalue weighted by Gasteiger charge is 2.47. The van der Waals surface area contributed by atoms with Crippen LogP contribution in [0.1, 0.15) is 86.5 Å². The third-order valence-electron chi connectivity index (χ3n) is 7.59. The SMILES string of the molecule is CC(C)(C)CC(=O)N1CC2(CCN(CC3CCC(C(C)(C)C)CC3)CC2)C1. The third-order valence-corrected chi connectivity index (χ3v) is 7.59. The van der Waals surface area contributed by atoms with Crippen LogP contribution in [-0.2, 0) is 4.79 Å². The predicted octanol–water partition coefficient (Wildman–Crippen LogP) is 5.20. The Morgan fingerprint density at radius 3 is 1.96 bits per heavy atom. The summed E-state index contributed by atoms with van der Waals surface area (Å²) in [5.41, 5.74) is 1.05. The molecule has 0 unspecified atom stereocenters. The first-order valence-electron chi connectivity index (χ1n) is 11.5. The topological polar surface area (TPSA) is 23.6 Å². The van der Waals surface area contributed by atoms with Crippen molar-refractivity contribution in [3.63, 3.8) is 0 Å². The van der Waals surface area contributed by atoms with Crippen LogP contribution in [-0.4, -0.2) is 48.4 Å². The molecule has 3 nitrogen and oxygen atoms in total. The Morgan fingerprint density at radius 1 is 0.926 bits per heavy atom.